The zero-order valence-electron chi connectivity index (χ0n) is 18.0. The van der Waals surface area contributed by atoms with Gasteiger partial charge in [-0.15, -0.1) is 0 Å². The fourth-order valence-electron chi connectivity index (χ4n) is 4.03. The quantitative estimate of drug-likeness (QED) is 0.470. The van der Waals surface area contributed by atoms with Crippen LogP contribution in [0.2, 0.25) is 0 Å². The van der Waals surface area contributed by atoms with E-state index in [4.69, 9.17) is 8.37 Å². The van der Waals surface area contributed by atoms with E-state index in [1.54, 1.807) is 48.5 Å². The molecule has 1 fully saturated rings. The van der Waals surface area contributed by atoms with Gasteiger partial charge in [-0.05, 0) is 69.2 Å². The molecule has 0 unspecified atom stereocenters. The average molecular weight is 467 g/mol. The Morgan fingerprint density at radius 3 is 1.39 bits per heavy atom. The summed E-state index contributed by atoms with van der Waals surface area (Å²) in [5.74, 6) is 0. The lowest BCUT2D eigenvalue weighted by Gasteiger charge is -2.28. The number of benzene rings is 2. The van der Waals surface area contributed by atoms with Crippen LogP contribution in [0.5, 0.6) is 0 Å². The van der Waals surface area contributed by atoms with E-state index in [1.807, 2.05) is 13.8 Å². The summed E-state index contributed by atoms with van der Waals surface area (Å²) in [5, 5.41) is 0. The minimum absolute atomic E-state index is 0.0704. The Hall–Kier alpha value is -1.74. The van der Waals surface area contributed by atoms with Crippen LogP contribution >= 0.6 is 0 Å². The van der Waals surface area contributed by atoms with Gasteiger partial charge in [0, 0.05) is 0 Å². The number of rotatable bonds is 10. The van der Waals surface area contributed by atoms with Crippen LogP contribution in [0.25, 0.3) is 0 Å². The van der Waals surface area contributed by atoms with Crippen molar-refractivity contribution in [2.75, 3.05) is 13.2 Å². The standard InChI is InChI=1S/C23H30O6S2/c1-19-5-9-21(10-6-19)30(24,25)28-17-15-23(13-3-4-14-23)16-18-29-31(26,27)22-11-7-20(2)8-12-22/h5-12H,3-4,13-18H2,1-2H3. The SMILES string of the molecule is Cc1ccc(S(=O)(=O)OCCC2(CCOS(=O)(=O)c3ccc(C)cc3)CCCC2)cc1. The molecule has 0 atom stereocenters. The van der Waals surface area contributed by atoms with Crippen molar-refractivity contribution in [3.8, 4) is 0 Å². The van der Waals surface area contributed by atoms with Gasteiger partial charge >= 0.3 is 0 Å². The summed E-state index contributed by atoms with van der Waals surface area (Å²) < 4.78 is 60.3. The number of hydrogen-bond donors (Lipinski definition) is 0. The summed E-state index contributed by atoms with van der Waals surface area (Å²) >= 11 is 0. The second-order valence-electron chi connectivity index (χ2n) is 8.39. The third-order valence-electron chi connectivity index (χ3n) is 6.03. The molecule has 3 rings (SSSR count). The third kappa shape index (κ3) is 6.38. The molecule has 0 bridgehead atoms. The van der Waals surface area contributed by atoms with Crippen molar-refractivity contribution in [1.29, 1.82) is 0 Å². The van der Waals surface area contributed by atoms with Gasteiger partial charge in [-0.1, -0.05) is 48.2 Å². The van der Waals surface area contributed by atoms with Gasteiger partial charge in [0.25, 0.3) is 20.2 Å². The molecule has 0 spiro atoms. The monoisotopic (exact) mass is 466 g/mol. The van der Waals surface area contributed by atoms with Crippen molar-refractivity contribution in [1.82, 2.24) is 0 Å². The van der Waals surface area contributed by atoms with E-state index in [-0.39, 0.29) is 28.4 Å². The molecule has 0 radical (unpaired) electrons. The predicted molar refractivity (Wildman–Crippen MR) is 119 cm³/mol. The topological polar surface area (TPSA) is 86.7 Å². The maximum Gasteiger partial charge on any atom is 0.296 e. The van der Waals surface area contributed by atoms with E-state index < -0.39 is 20.2 Å². The Labute approximate surface area is 185 Å². The first-order valence-corrected chi connectivity index (χ1v) is 13.4. The summed E-state index contributed by atoms with van der Waals surface area (Å²) in [7, 11) is -7.61. The normalized spacial score (nSPS) is 16.5. The third-order valence-corrected chi connectivity index (χ3v) is 8.68. The fraction of sp³-hybridized carbons (Fsp3) is 0.478. The number of aryl methyl sites for hydroxylation is 2. The highest BCUT2D eigenvalue weighted by molar-refractivity contribution is 7.87. The van der Waals surface area contributed by atoms with E-state index in [1.165, 1.54) is 0 Å². The van der Waals surface area contributed by atoms with E-state index in [2.05, 4.69) is 0 Å². The van der Waals surface area contributed by atoms with Gasteiger partial charge < -0.3 is 0 Å². The van der Waals surface area contributed by atoms with Crippen molar-refractivity contribution < 1.29 is 25.2 Å². The molecule has 1 aliphatic rings. The molecule has 2 aromatic rings. The Morgan fingerprint density at radius 1 is 0.677 bits per heavy atom. The summed E-state index contributed by atoms with van der Waals surface area (Å²) in [5.41, 5.74) is 1.79. The molecule has 1 aliphatic carbocycles. The van der Waals surface area contributed by atoms with Crippen LogP contribution in [0, 0.1) is 19.3 Å². The molecule has 0 heterocycles. The highest BCUT2D eigenvalue weighted by Crippen LogP contribution is 2.44. The lowest BCUT2D eigenvalue weighted by Crippen LogP contribution is -2.23. The lowest BCUT2D eigenvalue weighted by molar-refractivity contribution is 0.158. The van der Waals surface area contributed by atoms with Crippen LogP contribution in [0.4, 0.5) is 0 Å². The van der Waals surface area contributed by atoms with Crippen molar-refractivity contribution in [3.05, 3.63) is 59.7 Å². The molecular weight excluding hydrogens is 436 g/mol. The Bertz CT molecular complexity index is 982. The van der Waals surface area contributed by atoms with Crippen LogP contribution < -0.4 is 0 Å². The highest BCUT2D eigenvalue weighted by atomic mass is 32.2. The smallest absolute Gasteiger partial charge is 0.266 e. The summed E-state index contributed by atoms with van der Waals surface area (Å²) in [4.78, 5) is 0.289. The van der Waals surface area contributed by atoms with Crippen molar-refractivity contribution in [2.24, 2.45) is 5.41 Å². The summed E-state index contributed by atoms with van der Waals surface area (Å²) in [6, 6.07) is 13.1. The molecule has 0 aliphatic heterocycles. The van der Waals surface area contributed by atoms with Gasteiger partial charge in [-0.2, -0.15) is 16.8 Å². The van der Waals surface area contributed by atoms with Gasteiger partial charge in [-0.3, -0.25) is 8.37 Å². The van der Waals surface area contributed by atoms with Crippen LogP contribution in [-0.4, -0.2) is 30.0 Å². The van der Waals surface area contributed by atoms with E-state index in [0.29, 0.717) is 12.8 Å². The van der Waals surface area contributed by atoms with Gasteiger partial charge in [0.1, 0.15) is 0 Å². The Morgan fingerprint density at radius 2 is 1.03 bits per heavy atom. The van der Waals surface area contributed by atoms with E-state index >= 15 is 0 Å². The van der Waals surface area contributed by atoms with Crippen LogP contribution in [0.3, 0.4) is 0 Å². The molecule has 0 N–H and O–H groups in total. The molecule has 170 valence electrons. The van der Waals surface area contributed by atoms with E-state index in [9.17, 15) is 16.8 Å². The predicted octanol–water partition coefficient (Wildman–Crippen LogP) is 4.75. The average Bonchev–Trinajstić information content (AvgIpc) is 3.17. The minimum Gasteiger partial charge on any atom is -0.266 e. The molecule has 0 aromatic heterocycles. The fourth-order valence-corrected chi connectivity index (χ4v) is 5.85. The molecule has 0 amide bonds. The Balaban J connectivity index is 1.56. The molecule has 6 nitrogen and oxygen atoms in total. The first-order chi connectivity index (χ1) is 14.6. The maximum atomic E-state index is 12.4. The second-order valence-corrected chi connectivity index (χ2v) is 11.6. The summed E-state index contributed by atoms with van der Waals surface area (Å²) in [6.45, 7) is 3.92. The first kappa shape index (κ1) is 23.9. The second kappa shape index (κ2) is 9.81. The molecule has 0 saturated heterocycles. The lowest BCUT2D eigenvalue weighted by atomic mass is 9.80. The largest absolute Gasteiger partial charge is 0.296 e. The highest BCUT2D eigenvalue weighted by Gasteiger charge is 2.34. The first-order valence-electron chi connectivity index (χ1n) is 10.5. The van der Waals surface area contributed by atoms with Crippen LogP contribution in [0.15, 0.2) is 58.3 Å². The maximum absolute atomic E-state index is 12.4. The molecule has 31 heavy (non-hydrogen) atoms. The van der Waals surface area contributed by atoms with Crippen LogP contribution in [0.1, 0.15) is 49.7 Å². The van der Waals surface area contributed by atoms with Crippen molar-refractivity contribution in [2.45, 2.75) is 62.2 Å². The van der Waals surface area contributed by atoms with Crippen molar-refractivity contribution in [3.63, 3.8) is 0 Å². The van der Waals surface area contributed by atoms with Crippen LogP contribution in [-0.2, 0) is 28.6 Å². The number of hydrogen-bond acceptors (Lipinski definition) is 6. The zero-order chi connectivity index (χ0) is 22.5. The van der Waals surface area contributed by atoms with Gasteiger partial charge in [0.05, 0.1) is 23.0 Å². The van der Waals surface area contributed by atoms with Crippen molar-refractivity contribution >= 4 is 20.2 Å². The molecule has 8 heteroatoms. The molecule has 1 saturated carbocycles. The molecular formula is C23H30O6S2. The Kier molecular flexibility index (Phi) is 7.57. The molecule has 2 aromatic carbocycles. The van der Waals surface area contributed by atoms with Gasteiger partial charge in [0.2, 0.25) is 0 Å². The minimum atomic E-state index is -3.81. The summed E-state index contributed by atoms with van der Waals surface area (Å²) in [6.07, 6.45) is 4.99. The van der Waals surface area contributed by atoms with E-state index in [0.717, 1.165) is 36.8 Å². The van der Waals surface area contributed by atoms with Gasteiger partial charge in [0.15, 0.2) is 0 Å². The zero-order valence-corrected chi connectivity index (χ0v) is 19.7. The van der Waals surface area contributed by atoms with Gasteiger partial charge in [-0.25, -0.2) is 0 Å².